The van der Waals surface area contributed by atoms with Gasteiger partial charge in [0.2, 0.25) is 5.91 Å². The zero-order chi connectivity index (χ0) is 24.4. The molecule has 1 saturated heterocycles. The number of halogens is 4. The lowest BCUT2D eigenvalue weighted by Gasteiger charge is -2.36. The van der Waals surface area contributed by atoms with E-state index >= 15 is 0 Å². The molecule has 0 aliphatic carbocycles. The molecule has 1 N–H and O–H groups in total. The van der Waals surface area contributed by atoms with Gasteiger partial charge in [0.15, 0.2) is 23.2 Å². The van der Waals surface area contributed by atoms with Gasteiger partial charge in [0.25, 0.3) is 6.43 Å². The fourth-order valence-electron chi connectivity index (χ4n) is 4.44. The van der Waals surface area contributed by atoms with Crippen molar-refractivity contribution in [3.05, 3.63) is 41.2 Å². The minimum absolute atomic E-state index is 0.00303. The standard InChI is InChI=1S/C23H27F4N5O2/c1-13-21-18(7-10-32(13)14(2)33)29-23(22(30-21)28-12-20(26)27)31-8-5-16(6-9-31)34-19-4-3-15(24)11-17(19)25/h3-4,11,13,16,20H,5-10,12H2,1-2H3,(H,28,30). The Bertz CT molecular complexity index is 1050. The van der Waals surface area contributed by atoms with Gasteiger partial charge in [-0.25, -0.2) is 27.5 Å². The Morgan fingerprint density at radius 3 is 2.59 bits per heavy atom. The maximum atomic E-state index is 13.9. The second-order valence-electron chi connectivity index (χ2n) is 8.52. The van der Waals surface area contributed by atoms with Crippen LogP contribution in [0.15, 0.2) is 18.2 Å². The molecular formula is C23H27F4N5O2. The van der Waals surface area contributed by atoms with Crippen LogP contribution in [0.3, 0.4) is 0 Å². The molecular weight excluding hydrogens is 454 g/mol. The number of rotatable bonds is 6. The first-order chi connectivity index (χ1) is 16.2. The zero-order valence-electron chi connectivity index (χ0n) is 19.0. The van der Waals surface area contributed by atoms with Crippen molar-refractivity contribution in [2.75, 3.05) is 36.4 Å². The fraction of sp³-hybridized carbons (Fsp3) is 0.522. The molecule has 3 heterocycles. The molecule has 7 nitrogen and oxygen atoms in total. The first-order valence-electron chi connectivity index (χ1n) is 11.3. The van der Waals surface area contributed by atoms with E-state index in [1.54, 1.807) is 4.90 Å². The molecule has 2 aliphatic rings. The number of fused-ring (bicyclic) bond motifs is 1. The largest absolute Gasteiger partial charge is 0.487 e. The monoisotopic (exact) mass is 481 g/mol. The zero-order valence-corrected chi connectivity index (χ0v) is 19.0. The molecule has 2 aliphatic heterocycles. The topological polar surface area (TPSA) is 70.6 Å². The van der Waals surface area contributed by atoms with Gasteiger partial charge in [-0.2, -0.15) is 0 Å². The van der Waals surface area contributed by atoms with Gasteiger partial charge in [0, 0.05) is 51.9 Å². The summed E-state index contributed by atoms with van der Waals surface area (Å²) in [5.41, 5.74) is 1.35. The predicted molar refractivity (Wildman–Crippen MR) is 118 cm³/mol. The van der Waals surface area contributed by atoms with Crippen molar-refractivity contribution in [2.45, 2.75) is 51.7 Å². The number of aromatic nitrogens is 2. The number of benzene rings is 1. The van der Waals surface area contributed by atoms with E-state index in [2.05, 4.69) is 10.3 Å². The summed E-state index contributed by atoms with van der Waals surface area (Å²) < 4.78 is 58.7. The average molecular weight is 481 g/mol. The highest BCUT2D eigenvalue weighted by molar-refractivity contribution is 5.74. The van der Waals surface area contributed by atoms with E-state index in [1.807, 2.05) is 11.8 Å². The molecule has 0 spiro atoms. The summed E-state index contributed by atoms with van der Waals surface area (Å²) in [6, 6.07) is 2.89. The number of carbonyl (C=O) groups is 1. The molecule has 0 bridgehead atoms. The third-order valence-electron chi connectivity index (χ3n) is 6.19. The van der Waals surface area contributed by atoms with Crippen molar-refractivity contribution < 1.29 is 27.1 Å². The summed E-state index contributed by atoms with van der Waals surface area (Å²) in [4.78, 5) is 25.0. The molecule has 0 radical (unpaired) electrons. The van der Waals surface area contributed by atoms with Crippen LogP contribution in [0.1, 0.15) is 44.1 Å². The van der Waals surface area contributed by atoms with Gasteiger partial charge >= 0.3 is 0 Å². The second-order valence-corrected chi connectivity index (χ2v) is 8.52. The van der Waals surface area contributed by atoms with Gasteiger partial charge in [-0.15, -0.1) is 0 Å². The Morgan fingerprint density at radius 1 is 1.21 bits per heavy atom. The van der Waals surface area contributed by atoms with Crippen LogP contribution in [0, 0.1) is 11.6 Å². The summed E-state index contributed by atoms with van der Waals surface area (Å²) in [7, 11) is 0. The van der Waals surface area contributed by atoms with Crippen LogP contribution < -0.4 is 15.0 Å². The number of hydrogen-bond acceptors (Lipinski definition) is 6. The van der Waals surface area contributed by atoms with Crippen LogP contribution in [0.25, 0.3) is 0 Å². The lowest BCUT2D eigenvalue weighted by Crippen LogP contribution is -2.41. The first kappa shape index (κ1) is 24.0. The van der Waals surface area contributed by atoms with Crippen molar-refractivity contribution in [2.24, 2.45) is 0 Å². The van der Waals surface area contributed by atoms with E-state index < -0.39 is 24.6 Å². The van der Waals surface area contributed by atoms with E-state index in [4.69, 9.17) is 9.72 Å². The number of nitrogens with zero attached hydrogens (tertiary/aromatic N) is 4. The smallest absolute Gasteiger partial charge is 0.255 e. The molecule has 184 valence electrons. The Balaban J connectivity index is 1.52. The summed E-state index contributed by atoms with van der Waals surface area (Å²) in [6.45, 7) is 4.28. The highest BCUT2D eigenvalue weighted by Gasteiger charge is 2.32. The number of piperidine rings is 1. The molecule has 1 aromatic heterocycles. The predicted octanol–water partition coefficient (Wildman–Crippen LogP) is 3.95. The number of hydrogen-bond donors (Lipinski definition) is 1. The number of nitrogens with one attached hydrogen (secondary N) is 1. The maximum Gasteiger partial charge on any atom is 0.255 e. The van der Waals surface area contributed by atoms with E-state index in [0.29, 0.717) is 50.4 Å². The van der Waals surface area contributed by atoms with Crippen LogP contribution in [0.2, 0.25) is 0 Å². The molecule has 0 saturated carbocycles. The fourth-order valence-corrected chi connectivity index (χ4v) is 4.44. The average Bonchev–Trinajstić information content (AvgIpc) is 2.79. The van der Waals surface area contributed by atoms with Gasteiger partial charge in [-0.05, 0) is 19.1 Å². The molecule has 1 amide bonds. The molecule has 1 aromatic carbocycles. The highest BCUT2D eigenvalue weighted by Crippen LogP contribution is 2.34. The summed E-state index contributed by atoms with van der Waals surface area (Å²) in [5.74, 6) is -0.776. The third-order valence-corrected chi connectivity index (χ3v) is 6.19. The quantitative estimate of drug-likeness (QED) is 0.631. The van der Waals surface area contributed by atoms with Gasteiger partial charge in [0.05, 0.1) is 24.0 Å². The Kier molecular flexibility index (Phi) is 7.08. The Hall–Kier alpha value is -3.11. The van der Waals surface area contributed by atoms with Gasteiger partial charge in [-0.3, -0.25) is 4.79 Å². The van der Waals surface area contributed by atoms with Crippen molar-refractivity contribution in [1.82, 2.24) is 14.9 Å². The molecule has 2 aromatic rings. The van der Waals surface area contributed by atoms with Crippen LogP contribution in [-0.2, 0) is 11.2 Å². The van der Waals surface area contributed by atoms with Crippen molar-refractivity contribution in [3.8, 4) is 5.75 Å². The van der Waals surface area contributed by atoms with Gasteiger partial charge in [0.1, 0.15) is 11.9 Å². The molecule has 1 unspecified atom stereocenters. The number of carbonyl (C=O) groups excluding carboxylic acids is 1. The third kappa shape index (κ3) is 5.18. The number of ether oxygens (including phenoxy) is 1. The lowest BCUT2D eigenvalue weighted by atomic mass is 10.0. The normalized spacial score (nSPS) is 18.7. The number of alkyl halides is 2. The molecule has 1 fully saturated rings. The Labute approximate surface area is 195 Å². The number of anilines is 2. The van der Waals surface area contributed by atoms with E-state index in [9.17, 15) is 22.4 Å². The summed E-state index contributed by atoms with van der Waals surface area (Å²) in [6.07, 6.45) is -1.24. The van der Waals surface area contributed by atoms with Crippen LogP contribution in [0.4, 0.5) is 29.2 Å². The van der Waals surface area contributed by atoms with Crippen LogP contribution in [-0.4, -0.2) is 59.5 Å². The van der Waals surface area contributed by atoms with Crippen LogP contribution in [0.5, 0.6) is 5.75 Å². The highest BCUT2D eigenvalue weighted by atomic mass is 19.3. The maximum absolute atomic E-state index is 13.9. The number of amides is 1. The van der Waals surface area contributed by atoms with Crippen molar-refractivity contribution in [1.29, 1.82) is 0 Å². The lowest BCUT2D eigenvalue weighted by molar-refractivity contribution is -0.131. The second kappa shape index (κ2) is 10.0. The minimum Gasteiger partial charge on any atom is -0.487 e. The van der Waals surface area contributed by atoms with Crippen LogP contribution >= 0.6 is 0 Å². The summed E-state index contributed by atoms with van der Waals surface area (Å²) >= 11 is 0. The Morgan fingerprint density at radius 2 is 1.94 bits per heavy atom. The van der Waals surface area contributed by atoms with Gasteiger partial charge < -0.3 is 19.9 Å². The summed E-state index contributed by atoms with van der Waals surface area (Å²) in [5, 5.41) is 2.70. The molecule has 1 atom stereocenters. The first-order valence-corrected chi connectivity index (χ1v) is 11.3. The van der Waals surface area contributed by atoms with Crippen molar-refractivity contribution >= 4 is 17.5 Å². The minimum atomic E-state index is -2.57. The van der Waals surface area contributed by atoms with E-state index in [0.717, 1.165) is 17.8 Å². The van der Waals surface area contributed by atoms with Crippen molar-refractivity contribution in [3.63, 3.8) is 0 Å². The molecule has 4 rings (SSSR count). The molecule has 34 heavy (non-hydrogen) atoms. The van der Waals surface area contributed by atoms with E-state index in [1.165, 1.54) is 13.0 Å². The molecule has 11 heteroatoms. The van der Waals surface area contributed by atoms with E-state index in [-0.39, 0.29) is 29.6 Å². The SMILES string of the molecule is CC(=O)N1CCc2nc(N3CCC(Oc4ccc(F)cc4F)CC3)c(NCC(F)F)nc2C1C. The van der Waals surface area contributed by atoms with Gasteiger partial charge in [-0.1, -0.05) is 0 Å².